The molecule has 0 aromatic heterocycles. The normalized spacial score (nSPS) is 16.9. The second-order valence-corrected chi connectivity index (χ2v) is 5.21. The van der Waals surface area contributed by atoms with E-state index in [1.807, 2.05) is 13.0 Å². The Kier molecular flexibility index (Phi) is 4.69. The zero-order chi connectivity index (χ0) is 13.1. The van der Waals surface area contributed by atoms with Crippen LogP contribution in [0.5, 0.6) is 0 Å². The van der Waals surface area contributed by atoms with Crippen LogP contribution in [-0.2, 0) is 6.54 Å². The van der Waals surface area contributed by atoms with Crippen LogP contribution in [0.2, 0.25) is 0 Å². The lowest BCUT2D eigenvalue weighted by atomic mass is 9.79. The van der Waals surface area contributed by atoms with Crippen LogP contribution in [0, 0.1) is 6.92 Å². The van der Waals surface area contributed by atoms with Gasteiger partial charge in [0.2, 0.25) is 0 Å². The Hall–Kier alpha value is -0.525. The van der Waals surface area contributed by atoms with Crippen molar-refractivity contribution in [1.82, 2.24) is 10.2 Å². The van der Waals surface area contributed by atoms with Gasteiger partial charge in [0.25, 0.3) is 0 Å². The molecule has 6 heteroatoms. The molecule has 1 aliphatic rings. The van der Waals surface area contributed by atoms with Crippen LogP contribution in [0.1, 0.15) is 11.1 Å². The van der Waals surface area contributed by atoms with Crippen LogP contribution >= 0.6 is 12.6 Å². The van der Waals surface area contributed by atoms with Crippen molar-refractivity contribution in [2.24, 2.45) is 0 Å². The molecule has 0 spiro atoms. The monoisotopic (exact) mass is 266 g/mol. The summed E-state index contributed by atoms with van der Waals surface area (Å²) in [6.07, 6.45) is 0. The standard InChI is InChI=1S/C12H19BN2O2S/c1-9-10(8-15-4-2-14-3-5-15)6-11(13(16)17)7-12(9)18/h6-7,14,16-18H,2-5,8H2,1H3. The van der Waals surface area contributed by atoms with Crippen molar-refractivity contribution in [3.05, 3.63) is 23.3 Å². The molecule has 1 saturated heterocycles. The lowest BCUT2D eigenvalue weighted by Crippen LogP contribution is -2.43. The molecule has 98 valence electrons. The van der Waals surface area contributed by atoms with E-state index in [0.29, 0.717) is 5.46 Å². The highest BCUT2D eigenvalue weighted by molar-refractivity contribution is 7.80. The maximum atomic E-state index is 9.27. The lowest BCUT2D eigenvalue weighted by molar-refractivity contribution is 0.232. The van der Waals surface area contributed by atoms with Crippen LogP contribution in [-0.4, -0.2) is 48.2 Å². The third-order valence-electron chi connectivity index (χ3n) is 3.41. The second kappa shape index (κ2) is 6.08. The predicted octanol–water partition coefficient (Wildman–Crippen LogP) is -0.631. The van der Waals surface area contributed by atoms with Crippen molar-refractivity contribution in [3.63, 3.8) is 0 Å². The largest absolute Gasteiger partial charge is 0.488 e. The third kappa shape index (κ3) is 3.27. The molecule has 1 aromatic carbocycles. The van der Waals surface area contributed by atoms with E-state index in [4.69, 9.17) is 0 Å². The van der Waals surface area contributed by atoms with Gasteiger partial charge < -0.3 is 15.4 Å². The Bertz CT molecular complexity index is 423. The summed E-state index contributed by atoms with van der Waals surface area (Å²) in [5, 5.41) is 21.9. The first-order valence-electron chi connectivity index (χ1n) is 6.19. The summed E-state index contributed by atoms with van der Waals surface area (Å²) < 4.78 is 0. The van der Waals surface area contributed by atoms with E-state index in [1.54, 1.807) is 6.07 Å². The molecule has 0 unspecified atom stereocenters. The molecule has 0 aliphatic carbocycles. The van der Waals surface area contributed by atoms with Crippen LogP contribution in [0.25, 0.3) is 0 Å². The second-order valence-electron chi connectivity index (χ2n) is 4.72. The molecule has 18 heavy (non-hydrogen) atoms. The number of nitrogens with zero attached hydrogens (tertiary/aromatic N) is 1. The zero-order valence-corrected chi connectivity index (χ0v) is 11.5. The van der Waals surface area contributed by atoms with E-state index >= 15 is 0 Å². The minimum Gasteiger partial charge on any atom is -0.423 e. The third-order valence-corrected chi connectivity index (χ3v) is 3.88. The fourth-order valence-corrected chi connectivity index (χ4v) is 2.50. The number of benzene rings is 1. The van der Waals surface area contributed by atoms with Crippen molar-refractivity contribution in [2.45, 2.75) is 18.4 Å². The average molecular weight is 266 g/mol. The van der Waals surface area contributed by atoms with Gasteiger partial charge in [-0.2, -0.15) is 0 Å². The molecule has 4 nitrogen and oxygen atoms in total. The maximum Gasteiger partial charge on any atom is 0.488 e. The highest BCUT2D eigenvalue weighted by Crippen LogP contribution is 2.18. The van der Waals surface area contributed by atoms with Gasteiger partial charge in [0.15, 0.2) is 0 Å². The predicted molar refractivity (Wildman–Crippen MR) is 76.4 cm³/mol. The Balaban J connectivity index is 2.19. The summed E-state index contributed by atoms with van der Waals surface area (Å²) in [7, 11) is -1.43. The number of nitrogens with one attached hydrogen (secondary N) is 1. The first-order chi connectivity index (χ1) is 8.58. The van der Waals surface area contributed by atoms with Crippen LogP contribution in [0.4, 0.5) is 0 Å². The van der Waals surface area contributed by atoms with Crippen molar-refractivity contribution in [2.75, 3.05) is 26.2 Å². The molecule has 3 N–H and O–H groups in total. The maximum absolute atomic E-state index is 9.27. The van der Waals surface area contributed by atoms with Gasteiger partial charge >= 0.3 is 7.12 Å². The van der Waals surface area contributed by atoms with E-state index in [0.717, 1.165) is 48.7 Å². The molecular weight excluding hydrogens is 247 g/mol. The zero-order valence-electron chi connectivity index (χ0n) is 10.6. The van der Waals surface area contributed by atoms with E-state index in [1.165, 1.54) is 0 Å². The number of piperazine rings is 1. The molecule has 1 aromatic rings. The van der Waals surface area contributed by atoms with Crippen LogP contribution in [0.3, 0.4) is 0 Å². The molecule has 0 bridgehead atoms. The molecule has 0 saturated carbocycles. The van der Waals surface area contributed by atoms with E-state index < -0.39 is 7.12 Å². The van der Waals surface area contributed by atoms with Crippen molar-refractivity contribution in [1.29, 1.82) is 0 Å². The van der Waals surface area contributed by atoms with Crippen LogP contribution < -0.4 is 10.8 Å². The van der Waals surface area contributed by atoms with E-state index in [2.05, 4.69) is 22.8 Å². The van der Waals surface area contributed by atoms with Crippen molar-refractivity contribution >= 4 is 25.2 Å². The van der Waals surface area contributed by atoms with Crippen molar-refractivity contribution < 1.29 is 10.0 Å². The van der Waals surface area contributed by atoms with E-state index in [9.17, 15) is 10.0 Å². The first-order valence-corrected chi connectivity index (χ1v) is 6.64. The molecule has 0 radical (unpaired) electrons. The SMILES string of the molecule is Cc1c(S)cc(B(O)O)cc1CN1CCNCC1. The van der Waals surface area contributed by atoms with Gasteiger partial charge in [-0.15, -0.1) is 12.6 Å². The quantitative estimate of drug-likeness (QED) is 0.434. The smallest absolute Gasteiger partial charge is 0.423 e. The van der Waals surface area contributed by atoms with Gasteiger partial charge in [-0.05, 0) is 29.6 Å². The summed E-state index contributed by atoms with van der Waals surface area (Å²) >= 11 is 4.40. The fraction of sp³-hybridized carbons (Fsp3) is 0.500. The van der Waals surface area contributed by atoms with Crippen molar-refractivity contribution in [3.8, 4) is 0 Å². The summed E-state index contributed by atoms with van der Waals surface area (Å²) in [5.41, 5.74) is 2.74. The summed E-state index contributed by atoms with van der Waals surface area (Å²) in [5.74, 6) is 0. The number of rotatable bonds is 3. The summed E-state index contributed by atoms with van der Waals surface area (Å²) in [6, 6.07) is 3.58. The molecule has 0 atom stereocenters. The Morgan fingerprint density at radius 2 is 2.00 bits per heavy atom. The molecular formula is C12H19BN2O2S. The fourth-order valence-electron chi connectivity index (χ4n) is 2.21. The Morgan fingerprint density at radius 1 is 1.33 bits per heavy atom. The molecule has 1 aliphatic heterocycles. The topological polar surface area (TPSA) is 55.7 Å². The molecule has 0 amide bonds. The highest BCUT2D eigenvalue weighted by atomic mass is 32.1. The first kappa shape index (κ1) is 13.9. The molecule has 1 heterocycles. The highest BCUT2D eigenvalue weighted by Gasteiger charge is 2.17. The number of hydrogen-bond acceptors (Lipinski definition) is 5. The van der Waals surface area contributed by atoms with Gasteiger partial charge in [0.1, 0.15) is 0 Å². The van der Waals surface area contributed by atoms with Gasteiger partial charge in [-0.1, -0.05) is 6.07 Å². The molecule has 2 rings (SSSR count). The summed E-state index contributed by atoms with van der Waals surface area (Å²) in [4.78, 5) is 3.17. The van der Waals surface area contributed by atoms with Gasteiger partial charge in [-0.25, -0.2) is 0 Å². The van der Waals surface area contributed by atoms with Crippen LogP contribution in [0.15, 0.2) is 17.0 Å². The Labute approximate surface area is 114 Å². The van der Waals surface area contributed by atoms with Gasteiger partial charge in [-0.3, -0.25) is 4.90 Å². The Morgan fingerprint density at radius 3 is 2.61 bits per heavy atom. The van der Waals surface area contributed by atoms with Gasteiger partial charge in [0.05, 0.1) is 0 Å². The average Bonchev–Trinajstić information content (AvgIpc) is 2.35. The minimum atomic E-state index is -1.43. The molecule has 1 fully saturated rings. The summed E-state index contributed by atoms with van der Waals surface area (Å²) in [6.45, 7) is 6.92. The van der Waals surface area contributed by atoms with E-state index in [-0.39, 0.29) is 0 Å². The number of hydrogen-bond donors (Lipinski definition) is 4. The number of thiol groups is 1. The van der Waals surface area contributed by atoms with Gasteiger partial charge in [0, 0.05) is 37.6 Å². The lowest BCUT2D eigenvalue weighted by Gasteiger charge is -2.28. The minimum absolute atomic E-state index is 0.510.